The minimum absolute atomic E-state index is 0.371. The number of fused-ring (bicyclic) bond motifs is 1. The third kappa shape index (κ3) is 2.32. The molecule has 0 aliphatic carbocycles. The quantitative estimate of drug-likeness (QED) is 0.620. The van der Waals surface area contributed by atoms with Gasteiger partial charge in [-0.2, -0.15) is 8.78 Å². The molecule has 19 heavy (non-hydrogen) atoms. The molecule has 0 radical (unpaired) electrons. The number of rotatable bonds is 2. The highest BCUT2D eigenvalue weighted by atomic mass is 35.5. The standard InChI is InChI=1S/C10H3ClF6N2/c11-7-4-1-3(12)2-5(13)6(4)18-9(19-7)10(16,17)8(14)15/h1-2,8H. The van der Waals surface area contributed by atoms with Gasteiger partial charge in [0.05, 0.1) is 0 Å². The molecule has 2 nitrogen and oxygen atoms in total. The molecule has 1 aromatic carbocycles. The van der Waals surface area contributed by atoms with Crippen molar-refractivity contribution in [3.63, 3.8) is 0 Å². The molecular weight excluding hydrogens is 298 g/mol. The van der Waals surface area contributed by atoms with E-state index < -0.39 is 40.5 Å². The minimum Gasteiger partial charge on any atom is -0.224 e. The predicted molar refractivity (Wildman–Crippen MR) is 54.4 cm³/mol. The molecule has 0 unspecified atom stereocenters. The van der Waals surface area contributed by atoms with Gasteiger partial charge in [0.2, 0.25) is 5.82 Å². The average molecular weight is 301 g/mol. The van der Waals surface area contributed by atoms with Crippen molar-refractivity contribution in [2.45, 2.75) is 12.3 Å². The Kier molecular flexibility index (Phi) is 3.29. The summed E-state index contributed by atoms with van der Waals surface area (Å²) in [5.41, 5.74) is -0.753. The fourth-order valence-electron chi connectivity index (χ4n) is 1.37. The second-order valence-corrected chi connectivity index (χ2v) is 3.90. The molecule has 9 heteroatoms. The van der Waals surface area contributed by atoms with Crippen LogP contribution in [0.15, 0.2) is 12.1 Å². The van der Waals surface area contributed by atoms with Crippen LogP contribution in [0.3, 0.4) is 0 Å². The maximum Gasteiger partial charge on any atom is 0.365 e. The summed E-state index contributed by atoms with van der Waals surface area (Å²) in [5, 5.41) is -1.12. The van der Waals surface area contributed by atoms with Crippen molar-refractivity contribution in [1.82, 2.24) is 9.97 Å². The molecule has 0 fully saturated rings. The molecule has 102 valence electrons. The van der Waals surface area contributed by atoms with E-state index >= 15 is 0 Å². The van der Waals surface area contributed by atoms with Crippen LogP contribution in [0, 0.1) is 11.6 Å². The SMILES string of the molecule is Fc1cc(F)c2nc(C(F)(F)C(F)F)nc(Cl)c2c1. The second kappa shape index (κ2) is 4.52. The molecule has 0 saturated heterocycles. The van der Waals surface area contributed by atoms with Gasteiger partial charge in [-0.15, -0.1) is 0 Å². The van der Waals surface area contributed by atoms with Crippen LogP contribution in [0.4, 0.5) is 26.3 Å². The highest BCUT2D eigenvalue weighted by Crippen LogP contribution is 2.35. The number of aromatic nitrogens is 2. The van der Waals surface area contributed by atoms with Crippen LogP contribution in [0.5, 0.6) is 0 Å². The zero-order valence-corrected chi connectivity index (χ0v) is 9.53. The molecule has 0 amide bonds. The van der Waals surface area contributed by atoms with Crippen LogP contribution in [-0.4, -0.2) is 16.4 Å². The van der Waals surface area contributed by atoms with Gasteiger partial charge in [0.1, 0.15) is 16.5 Å². The third-order valence-corrected chi connectivity index (χ3v) is 2.53. The Hall–Kier alpha value is -1.57. The topological polar surface area (TPSA) is 25.8 Å². The Balaban J connectivity index is 2.76. The first kappa shape index (κ1) is 13.9. The molecule has 1 heterocycles. The first-order valence-corrected chi connectivity index (χ1v) is 5.10. The van der Waals surface area contributed by atoms with Gasteiger partial charge in [-0.25, -0.2) is 27.5 Å². The summed E-state index contributed by atoms with van der Waals surface area (Å²) in [5.74, 6) is -8.63. The molecule has 2 aromatic rings. The van der Waals surface area contributed by atoms with Crippen molar-refractivity contribution < 1.29 is 26.3 Å². The third-order valence-electron chi connectivity index (χ3n) is 2.24. The average Bonchev–Trinajstić information content (AvgIpc) is 2.29. The number of nitrogens with zero attached hydrogens (tertiary/aromatic N) is 2. The van der Waals surface area contributed by atoms with E-state index in [2.05, 4.69) is 9.97 Å². The zero-order chi connectivity index (χ0) is 14.4. The van der Waals surface area contributed by atoms with Crippen LogP contribution in [0.2, 0.25) is 5.15 Å². The lowest BCUT2D eigenvalue weighted by atomic mass is 10.2. The van der Waals surface area contributed by atoms with Crippen molar-refractivity contribution in [3.8, 4) is 0 Å². The summed E-state index contributed by atoms with van der Waals surface area (Å²) in [6.45, 7) is 0. The number of hydrogen-bond donors (Lipinski definition) is 0. The molecule has 0 bridgehead atoms. The minimum atomic E-state index is -4.68. The van der Waals surface area contributed by atoms with Gasteiger partial charge in [0.25, 0.3) is 0 Å². The lowest BCUT2D eigenvalue weighted by Crippen LogP contribution is -2.26. The van der Waals surface area contributed by atoms with Crippen LogP contribution >= 0.6 is 11.6 Å². The smallest absolute Gasteiger partial charge is 0.224 e. The van der Waals surface area contributed by atoms with E-state index in [1.807, 2.05) is 0 Å². The lowest BCUT2D eigenvalue weighted by molar-refractivity contribution is -0.140. The van der Waals surface area contributed by atoms with Crippen LogP contribution in [0.1, 0.15) is 5.82 Å². The van der Waals surface area contributed by atoms with E-state index in [4.69, 9.17) is 11.6 Å². The van der Waals surface area contributed by atoms with Gasteiger partial charge in [-0.05, 0) is 6.07 Å². The lowest BCUT2D eigenvalue weighted by Gasteiger charge is -2.14. The van der Waals surface area contributed by atoms with E-state index in [9.17, 15) is 26.3 Å². The fourth-order valence-corrected chi connectivity index (χ4v) is 1.59. The van der Waals surface area contributed by atoms with Gasteiger partial charge in [0, 0.05) is 11.5 Å². The number of alkyl halides is 4. The van der Waals surface area contributed by atoms with Gasteiger partial charge < -0.3 is 0 Å². The van der Waals surface area contributed by atoms with E-state index in [1.54, 1.807) is 0 Å². The van der Waals surface area contributed by atoms with Gasteiger partial charge in [-0.1, -0.05) is 11.6 Å². The fraction of sp³-hybridized carbons (Fsp3) is 0.200. The molecule has 0 aliphatic heterocycles. The Morgan fingerprint density at radius 3 is 2.32 bits per heavy atom. The number of halogens is 7. The normalized spacial score (nSPS) is 12.4. The van der Waals surface area contributed by atoms with Crippen molar-refractivity contribution in [2.75, 3.05) is 0 Å². The Labute approximate surface area is 107 Å². The van der Waals surface area contributed by atoms with Gasteiger partial charge in [0.15, 0.2) is 5.82 Å². The Morgan fingerprint density at radius 2 is 1.74 bits per heavy atom. The number of hydrogen-bond acceptors (Lipinski definition) is 2. The van der Waals surface area contributed by atoms with Crippen molar-refractivity contribution in [3.05, 3.63) is 34.7 Å². The van der Waals surface area contributed by atoms with Crippen LogP contribution in [0.25, 0.3) is 10.9 Å². The van der Waals surface area contributed by atoms with Gasteiger partial charge >= 0.3 is 12.3 Å². The Bertz CT molecular complexity index is 645. The molecule has 0 N–H and O–H groups in total. The van der Waals surface area contributed by atoms with E-state index in [0.717, 1.165) is 0 Å². The van der Waals surface area contributed by atoms with E-state index in [-0.39, 0.29) is 5.39 Å². The van der Waals surface area contributed by atoms with Crippen molar-refractivity contribution >= 4 is 22.5 Å². The highest BCUT2D eigenvalue weighted by Gasteiger charge is 2.46. The molecular formula is C10H3ClF6N2. The van der Waals surface area contributed by atoms with Gasteiger partial charge in [-0.3, -0.25) is 0 Å². The van der Waals surface area contributed by atoms with Crippen molar-refractivity contribution in [1.29, 1.82) is 0 Å². The largest absolute Gasteiger partial charge is 0.365 e. The van der Waals surface area contributed by atoms with Crippen LogP contribution < -0.4 is 0 Å². The maximum atomic E-state index is 13.4. The van der Waals surface area contributed by atoms with E-state index in [1.165, 1.54) is 0 Å². The highest BCUT2D eigenvalue weighted by molar-refractivity contribution is 6.34. The molecule has 1 aromatic heterocycles. The summed E-state index contributed by atoms with van der Waals surface area (Å²) in [6, 6.07) is 1.08. The molecule has 0 atom stereocenters. The summed E-state index contributed by atoms with van der Waals surface area (Å²) < 4.78 is 76.8. The zero-order valence-electron chi connectivity index (χ0n) is 8.77. The number of benzene rings is 1. The first-order valence-electron chi connectivity index (χ1n) is 4.72. The molecule has 2 rings (SSSR count). The summed E-state index contributed by atoms with van der Waals surface area (Å²) in [7, 11) is 0. The Morgan fingerprint density at radius 1 is 1.11 bits per heavy atom. The molecule has 0 saturated carbocycles. The molecule has 0 aliphatic rings. The summed E-state index contributed by atoms with van der Waals surface area (Å²) in [6.07, 6.45) is -4.08. The predicted octanol–water partition coefficient (Wildman–Crippen LogP) is 3.92. The van der Waals surface area contributed by atoms with Crippen LogP contribution in [-0.2, 0) is 5.92 Å². The summed E-state index contributed by atoms with van der Waals surface area (Å²) in [4.78, 5) is 5.97. The first-order chi connectivity index (χ1) is 8.73. The summed E-state index contributed by atoms with van der Waals surface area (Å²) >= 11 is 5.45. The van der Waals surface area contributed by atoms with E-state index in [0.29, 0.717) is 12.1 Å². The second-order valence-electron chi connectivity index (χ2n) is 3.55. The van der Waals surface area contributed by atoms with Crippen molar-refractivity contribution in [2.24, 2.45) is 0 Å². The maximum absolute atomic E-state index is 13.4. The monoisotopic (exact) mass is 300 g/mol. The molecule has 0 spiro atoms.